The average Bonchev–Trinajstić information content (AvgIpc) is 3.54. The predicted octanol–water partition coefficient (Wildman–Crippen LogP) is 5.03. The Morgan fingerprint density at radius 3 is 2.53 bits per heavy atom. The number of anilines is 3. The first kappa shape index (κ1) is 22.7. The van der Waals surface area contributed by atoms with E-state index in [9.17, 15) is 10.1 Å². The molecule has 0 amide bonds. The largest absolute Gasteiger partial charge is 0.496 e. The number of nitro groups is 1. The highest BCUT2D eigenvalue weighted by Gasteiger charge is 2.16. The standard InChI is InChI=1S/C22H15ClN8O5/c1-34-18-10-14(31(32)33)6-8-16(18)17-9-7-15(35-17)11-24-28-20-19(25-13-4-2-12(23)3-5-13)26-21-22(27-20)30-36-29-21/h2-11H,1H3,(H,25,26,29)(H,27,28,30). The van der Waals surface area contributed by atoms with E-state index in [1.807, 2.05) is 0 Å². The molecule has 0 saturated carbocycles. The van der Waals surface area contributed by atoms with Crippen molar-refractivity contribution < 1.29 is 18.7 Å². The van der Waals surface area contributed by atoms with Gasteiger partial charge in [-0.1, -0.05) is 11.6 Å². The maximum absolute atomic E-state index is 11.0. The number of fused-ring (bicyclic) bond motifs is 1. The van der Waals surface area contributed by atoms with Crippen LogP contribution in [-0.4, -0.2) is 38.5 Å². The van der Waals surface area contributed by atoms with E-state index in [-0.39, 0.29) is 22.8 Å². The lowest BCUT2D eigenvalue weighted by atomic mass is 10.1. The van der Waals surface area contributed by atoms with Crippen molar-refractivity contribution >= 4 is 52.1 Å². The quantitative estimate of drug-likeness (QED) is 0.164. The van der Waals surface area contributed by atoms with Gasteiger partial charge in [0.25, 0.3) is 5.69 Å². The number of furan rings is 1. The van der Waals surface area contributed by atoms with Gasteiger partial charge in [-0.15, -0.1) is 0 Å². The minimum atomic E-state index is -0.496. The van der Waals surface area contributed by atoms with Crippen LogP contribution >= 0.6 is 11.6 Å². The summed E-state index contributed by atoms with van der Waals surface area (Å²) in [6.45, 7) is 0. The molecule has 180 valence electrons. The van der Waals surface area contributed by atoms with E-state index in [1.165, 1.54) is 25.5 Å². The zero-order valence-electron chi connectivity index (χ0n) is 18.4. The molecule has 3 aromatic heterocycles. The Morgan fingerprint density at radius 2 is 1.81 bits per heavy atom. The number of halogens is 1. The van der Waals surface area contributed by atoms with E-state index < -0.39 is 4.92 Å². The topological polar surface area (TPSA) is 167 Å². The molecule has 0 spiro atoms. The van der Waals surface area contributed by atoms with Crippen LogP contribution < -0.4 is 15.5 Å². The van der Waals surface area contributed by atoms with Gasteiger partial charge in [-0.2, -0.15) is 10.1 Å². The van der Waals surface area contributed by atoms with Gasteiger partial charge in [-0.05, 0) is 52.8 Å². The Balaban J connectivity index is 1.37. The fourth-order valence-corrected chi connectivity index (χ4v) is 3.32. The molecule has 0 aliphatic rings. The number of hydrogen-bond donors (Lipinski definition) is 2. The molecule has 2 aromatic carbocycles. The first-order chi connectivity index (χ1) is 17.5. The van der Waals surface area contributed by atoms with Crippen molar-refractivity contribution in [3.8, 4) is 17.1 Å². The molecule has 13 nitrogen and oxygen atoms in total. The third-order valence-electron chi connectivity index (χ3n) is 4.87. The van der Waals surface area contributed by atoms with Gasteiger partial charge in [0.15, 0.2) is 11.6 Å². The van der Waals surface area contributed by atoms with Gasteiger partial charge in [0.1, 0.15) is 17.3 Å². The summed E-state index contributed by atoms with van der Waals surface area (Å²) in [7, 11) is 1.43. The van der Waals surface area contributed by atoms with Crippen molar-refractivity contribution in [3.63, 3.8) is 0 Å². The second-order valence-corrected chi connectivity index (χ2v) is 7.61. The number of nitrogens with zero attached hydrogens (tertiary/aromatic N) is 6. The molecule has 5 aromatic rings. The van der Waals surface area contributed by atoms with E-state index in [0.29, 0.717) is 39.4 Å². The Morgan fingerprint density at radius 1 is 1.06 bits per heavy atom. The number of hydrazone groups is 1. The summed E-state index contributed by atoms with van der Waals surface area (Å²) in [5, 5.41) is 26.3. The highest BCUT2D eigenvalue weighted by atomic mass is 35.5. The van der Waals surface area contributed by atoms with Crippen molar-refractivity contribution in [2.75, 3.05) is 17.9 Å². The van der Waals surface area contributed by atoms with Crippen molar-refractivity contribution in [2.45, 2.75) is 0 Å². The highest BCUT2D eigenvalue weighted by Crippen LogP contribution is 2.34. The Bertz CT molecular complexity index is 1580. The molecular formula is C22H15ClN8O5. The smallest absolute Gasteiger partial charge is 0.273 e. The predicted molar refractivity (Wildman–Crippen MR) is 131 cm³/mol. The molecule has 0 fully saturated rings. The Labute approximate surface area is 206 Å². The zero-order chi connectivity index (χ0) is 25.1. The van der Waals surface area contributed by atoms with Gasteiger partial charge in [-0.3, -0.25) is 15.5 Å². The molecule has 3 heterocycles. The molecule has 0 radical (unpaired) electrons. The van der Waals surface area contributed by atoms with E-state index >= 15 is 0 Å². The lowest BCUT2D eigenvalue weighted by Gasteiger charge is -2.09. The normalized spacial score (nSPS) is 11.2. The van der Waals surface area contributed by atoms with Crippen molar-refractivity contribution in [2.24, 2.45) is 5.10 Å². The second kappa shape index (κ2) is 9.68. The third-order valence-corrected chi connectivity index (χ3v) is 5.12. The number of aromatic nitrogens is 4. The highest BCUT2D eigenvalue weighted by molar-refractivity contribution is 6.30. The van der Waals surface area contributed by atoms with Gasteiger partial charge in [0.05, 0.1) is 29.9 Å². The summed E-state index contributed by atoms with van der Waals surface area (Å²) in [6, 6.07) is 14.7. The first-order valence-corrected chi connectivity index (χ1v) is 10.6. The molecule has 0 aliphatic carbocycles. The first-order valence-electron chi connectivity index (χ1n) is 10.2. The van der Waals surface area contributed by atoms with Crippen LogP contribution in [0.1, 0.15) is 5.76 Å². The van der Waals surface area contributed by atoms with Gasteiger partial charge < -0.3 is 14.5 Å². The van der Waals surface area contributed by atoms with Crippen molar-refractivity contribution in [1.29, 1.82) is 0 Å². The summed E-state index contributed by atoms with van der Waals surface area (Å²) in [5.74, 6) is 1.75. The van der Waals surface area contributed by atoms with Crippen LogP contribution in [0.3, 0.4) is 0 Å². The minimum Gasteiger partial charge on any atom is -0.496 e. The lowest BCUT2D eigenvalue weighted by molar-refractivity contribution is -0.384. The number of non-ortho nitro benzene ring substituents is 1. The molecular weight excluding hydrogens is 492 g/mol. The maximum atomic E-state index is 11.0. The number of rotatable bonds is 8. The number of benzene rings is 2. The molecule has 36 heavy (non-hydrogen) atoms. The van der Waals surface area contributed by atoms with Crippen molar-refractivity contribution in [1.82, 2.24) is 20.3 Å². The van der Waals surface area contributed by atoms with E-state index in [2.05, 4.69) is 36.1 Å². The van der Waals surface area contributed by atoms with Gasteiger partial charge in [-0.25, -0.2) is 9.61 Å². The fraction of sp³-hybridized carbons (Fsp3) is 0.0455. The molecule has 0 bridgehead atoms. The molecule has 0 aliphatic heterocycles. The van der Waals surface area contributed by atoms with E-state index in [1.54, 1.807) is 42.5 Å². The summed E-state index contributed by atoms with van der Waals surface area (Å²) < 4.78 is 15.8. The van der Waals surface area contributed by atoms with Crippen LogP contribution in [0.5, 0.6) is 5.75 Å². The minimum absolute atomic E-state index is 0.0865. The molecule has 0 unspecified atom stereocenters. The molecule has 2 N–H and O–H groups in total. The zero-order valence-corrected chi connectivity index (χ0v) is 19.1. The van der Waals surface area contributed by atoms with Gasteiger partial charge >= 0.3 is 0 Å². The summed E-state index contributed by atoms with van der Waals surface area (Å²) in [5.41, 5.74) is 4.40. The number of nitrogens with one attached hydrogen (secondary N) is 2. The van der Waals surface area contributed by atoms with Crippen LogP contribution in [-0.2, 0) is 0 Å². The van der Waals surface area contributed by atoms with Crippen LogP contribution in [0, 0.1) is 10.1 Å². The SMILES string of the molecule is COc1cc([N+](=O)[O-])ccc1-c1ccc(C=NNc2nc3nonc3nc2Nc2ccc(Cl)cc2)o1. The van der Waals surface area contributed by atoms with Crippen LogP contribution in [0.15, 0.2) is 68.7 Å². The van der Waals surface area contributed by atoms with E-state index in [4.69, 9.17) is 25.4 Å². The number of hydrogen-bond acceptors (Lipinski definition) is 12. The van der Waals surface area contributed by atoms with Crippen LogP contribution in [0.2, 0.25) is 5.02 Å². The van der Waals surface area contributed by atoms with Gasteiger partial charge in [0, 0.05) is 16.8 Å². The third kappa shape index (κ3) is 4.76. The van der Waals surface area contributed by atoms with E-state index in [0.717, 1.165) is 0 Å². The maximum Gasteiger partial charge on any atom is 0.273 e. The number of nitro benzene ring substituents is 1. The van der Waals surface area contributed by atoms with Crippen LogP contribution in [0.4, 0.5) is 23.0 Å². The molecule has 0 atom stereocenters. The summed E-state index contributed by atoms with van der Waals surface area (Å²) >= 11 is 5.95. The molecule has 0 saturated heterocycles. The lowest BCUT2D eigenvalue weighted by Crippen LogP contribution is -2.03. The second-order valence-electron chi connectivity index (χ2n) is 7.18. The molecule has 14 heteroatoms. The summed E-state index contributed by atoms with van der Waals surface area (Å²) in [4.78, 5) is 19.2. The fourth-order valence-electron chi connectivity index (χ4n) is 3.19. The Hall–Kier alpha value is -5.04. The average molecular weight is 507 g/mol. The van der Waals surface area contributed by atoms with Crippen molar-refractivity contribution in [3.05, 3.63) is 75.5 Å². The summed E-state index contributed by atoms with van der Waals surface area (Å²) in [6.07, 6.45) is 1.43. The Kier molecular flexibility index (Phi) is 6.11. The molecule has 5 rings (SSSR count). The number of ether oxygens (including phenoxy) is 1. The van der Waals surface area contributed by atoms with Gasteiger partial charge in [0.2, 0.25) is 11.3 Å². The number of methoxy groups -OCH3 is 1. The monoisotopic (exact) mass is 506 g/mol. The van der Waals surface area contributed by atoms with Crippen LogP contribution in [0.25, 0.3) is 22.6 Å².